The first-order valence-electron chi connectivity index (χ1n) is 6.36. The molecule has 4 N–H and O–H groups in total. The van der Waals surface area contributed by atoms with Crippen molar-refractivity contribution in [2.75, 3.05) is 7.05 Å². The standard InChI is InChI=1S/C8H14N2S.C5H11NO2/c1-6(2)8-10-7(4-9-3)5-11-8;1-3(2)4(6)5(7)8/h5-6,9H,4H2,1-3H3;3-4H,6H2,1-2H3,(H,7,8). The highest BCUT2D eigenvalue weighted by Crippen LogP contribution is 2.18. The second-order valence-electron chi connectivity index (χ2n) is 4.97. The number of nitrogens with zero attached hydrogens (tertiary/aromatic N) is 1. The molecular weight excluding hydrogens is 262 g/mol. The monoisotopic (exact) mass is 287 g/mol. The summed E-state index contributed by atoms with van der Waals surface area (Å²) in [6.45, 7) is 8.77. The number of aliphatic carboxylic acids is 1. The van der Waals surface area contributed by atoms with Crippen molar-refractivity contribution in [1.82, 2.24) is 10.3 Å². The van der Waals surface area contributed by atoms with Crippen molar-refractivity contribution >= 4 is 17.3 Å². The summed E-state index contributed by atoms with van der Waals surface area (Å²) in [6, 6.07) is -0.713. The Morgan fingerprint density at radius 2 is 2.05 bits per heavy atom. The predicted molar refractivity (Wildman–Crippen MR) is 79.4 cm³/mol. The van der Waals surface area contributed by atoms with Crippen LogP contribution in [-0.2, 0) is 11.3 Å². The van der Waals surface area contributed by atoms with E-state index in [9.17, 15) is 4.79 Å². The minimum absolute atomic E-state index is 0.0208. The molecule has 1 aromatic rings. The molecule has 5 nitrogen and oxygen atoms in total. The number of nitrogens with two attached hydrogens (primary N) is 1. The molecule has 0 spiro atoms. The van der Waals surface area contributed by atoms with Gasteiger partial charge >= 0.3 is 5.97 Å². The topological polar surface area (TPSA) is 88.2 Å². The summed E-state index contributed by atoms with van der Waals surface area (Å²) in [5, 5.41) is 14.7. The molecule has 0 saturated carbocycles. The van der Waals surface area contributed by atoms with Crippen LogP contribution >= 0.6 is 11.3 Å². The third-order valence-electron chi connectivity index (χ3n) is 2.42. The van der Waals surface area contributed by atoms with Crippen molar-refractivity contribution in [3.8, 4) is 0 Å². The molecule has 0 bridgehead atoms. The molecule has 0 aromatic carbocycles. The van der Waals surface area contributed by atoms with E-state index in [1.165, 1.54) is 5.01 Å². The van der Waals surface area contributed by atoms with Crippen LogP contribution in [0.25, 0.3) is 0 Å². The molecule has 0 amide bonds. The van der Waals surface area contributed by atoms with Gasteiger partial charge in [0.2, 0.25) is 0 Å². The van der Waals surface area contributed by atoms with Gasteiger partial charge in [0.25, 0.3) is 0 Å². The number of hydrogen-bond acceptors (Lipinski definition) is 5. The van der Waals surface area contributed by atoms with Crippen LogP contribution in [0, 0.1) is 5.92 Å². The molecule has 0 saturated heterocycles. The number of aromatic nitrogens is 1. The molecule has 1 atom stereocenters. The molecule has 19 heavy (non-hydrogen) atoms. The zero-order valence-electron chi connectivity index (χ0n) is 12.3. The Balaban J connectivity index is 0.000000362. The van der Waals surface area contributed by atoms with Crippen LogP contribution in [0.5, 0.6) is 0 Å². The molecule has 1 unspecified atom stereocenters. The summed E-state index contributed by atoms with van der Waals surface area (Å²) in [6.07, 6.45) is 0. The van der Waals surface area contributed by atoms with Gasteiger partial charge in [-0.15, -0.1) is 11.3 Å². The van der Waals surface area contributed by atoms with Crippen LogP contribution in [0.15, 0.2) is 5.38 Å². The van der Waals surface area contributed by atoms with E-state index in [0.29, 0.717) is 5.92 Å². The first kappa shape index (κ1) is 18.0. The fraction of sp³-hybridized carbons (Fsp3) is 0.692. The van der Waals surface area contributed by atoms with E-state index < -0.39 is 12.0 Å². The van der Waals surface area contributed by atoms with Crippen molar-refractivity contribution < 1.29 is 9.90 Å². The average molecular weight is 287 g/mol. The van der Waals surface area contributed by atoms with Crippen molar-refractivity contribution in [3.63, 3.8) is 0 Å². The van der Waals surface area contributed by atoms with Gasteiger partial charge in [-0.3, -0.25) is 4.79 Å². The van der Waals surface area contributed by atoms with E-state index in [1.807, 2.05) is 7.05 Å². The molecule has 0 aliphatic rings. The normalized spacial score (nSPS) is 12.2. The van der Waals surface area contributed by atoms with E-state index in [-0.39, 0.29) is 5.92 Å². The summed E-state index contributed by atoms with van der Waals surface area (Å²) in [5.74, 6) is -0.349. The Morgan fingerprint density at radius 1 is 1.47 bits per heavy atom. The highest BCUT2D eigenvalue weighted by molar-refractivity contribution is 7.09. The van der Waals surface area contributed by atoms with Crippen LogP contribution < -0.4 is 11.1 Å². The number of nitrogens with one attached hydrogen (secondary N) is 1. The number of carboxylic acids is 1. The number of carboxylic acid groups (broad SMARTS) is 1. The van der Waals surface area contributed by atoms with E-state index in [2.05, 4.69) is 29.5 Å². The van der Waals surface area contributed by atoms with E-state index in [4.69, 9.17) is 10.8 Å². The van der Waals surface area contributed by atoms with E-state index in [0.717, 1.165) is 12.2 Å². The lowest BCUT2D eigenvalue weighted by atomic mass is 10.1. The average Bonchev–Trinajstić information content (AvgIpc) is 2.78. The zero-order valence-corrected chi connectivity index (χ0v) is 13.1. The quantitative estimate of drug-likeness (QED) is 0.771. The number of carbonyl (C=O) groups is 1. The van der Waals surface area contributed by atoms with Crippen molar-refractivity contribution in [2.45, 2.75) is 46.2 Å². The molecule has 1 aromatic heterocycles. The molecule has 0 fully saturated rings. The summed E-state index contributed by atoms with van der Waals surface area (Å²) in [5.41, 5.74) is 6.31. The Morgan fingerprint density at radius 3 is 2.32 bits per heavy atom. The number of thiazole rings is 1. The lowest BCUT2D eigenvalue weighted by molar-refractivity contribution is -0.139. The number of hydrogen-bond donors (Lipinski definition) is 3. The minimum atomic E-state index is -0.931. The maximum Gasteiger partial charge on any atom is 0.320 e. The van der Waals surface area contributed by atoms with Gasteiger partial charge in [0.15, 0.2) is 0 Å². The molecule has 1 rings (SSSR count). The van der Waals surface area contributed by atoms with Gasteiger partial charge in [0, 0.05) is 17.8 Å². The predicted octanol–water partition coefficient (Wildman–Crippen LogP) is 2.04. The van der Waals surface area contributed by atoms with Crippen LogP contribution in [0.4, 0.5) is 0 Å². The highest BCUT2D eigenvalue weighted by Gasteiger charge is 2.14. The lowest BCUT2D eigenvalue weighted by Gasteiger charge is -2.07. The third-order valence-corrected chi connectivity index (χ3v) is 3.62. The molecule has 0 radical (unpaired) electrons. The third kappa shape index (κ3) is 7.25. The summed E-state index contributed by atoms with van der Waals surface area (Å²) in [7, 11) is 1.94. The molecule has 6 heteroatoms. The first-order valence-corrected chi connectivity index (χ1v) is 7.24. The van der Waals surface area contributed by atoms with Gasteiger partial charge in [-0.05, 0) is 13.0 Å². The lowest BCUT2D eigenvalue weighted by Crippen LogP contribution is -2.34. The second kappa shape index (κ2) is 9.01. The van der Waals surface area contributed by atoms with Gasteiger partial charge in [-0.2, -0.15) is 0 Å². The van der Waals surface area contributed by atoms with E-state index >= 15 is 0 Å². The van der Waals surface area contributed by atoms with Gasteiger partial charge in [0.1, 0.15) is 6.04 Å². The Hall–Kier alpha value is -0.980. The Labute approximate surface area is 119 Å². The minimum Gasteiger partial charge on any atom is -0.480 e. The first-order chi connectivity index (χ1) is 8.79. The largest absolute Gasteiger partial charge is 0.480 e. The molecule has 0 aliphatic carbocycles. The van der Waals surface area contributed by atoms with Crippen molar-refractivity contribution in [2.24, 2.45) is 11.7 Å². The van der Waals surface area contributed by atoms with E-state index in [1.54, 1.807) is 25.2 Å². The molecule has 0 aliphatic heterocycles. The van der Waals surface area contributed by atoms with Crippen LogP contribution in [-0.4, -0.2) is 29.1 Å². The Bertz CT molecular complexity index is 378. The maximum absolute atomic E-state index is 10.0. The zero-order chi connectivity index (χ0) is 15.0. The molecule has 110 valence electrons. The summed E-state index contributed by atoms with van der Waals surface area (Å²) < 4.78 is 0. The maximum atomic E-state index is 10.0. The summed E-state index contributed by atoms with van der Waals surface area (Å²) in [4.78, 5) is 14.5. The SMILES string of the molecule is CC(C)C(N)C(=O)O.CNCc1csc(C(C)C)n1. The van der Waals surface area contributed by atoms with Crippen LogP contribution in [0.2, 0.25) is 0 Å². The fourth-order valence-electron chi connectivity index (χ4n) is 1.14. The van der Waals surface area contributed by atoms with Gasteiger partial charge in [-0.1, -0.05) is 27.7 Å². The van der Waals surface area contributed by atoms with Crippen molar-refractivity contribution in [3.05, 3.63) is 16.1 Å². The highest BCUT2D eigenvalue weighted by atomic mass is 32.1. The smallest absolute Gasteiger partial charge is 0.320 e. The fourth-order valence-corrected chi connectivity index (χ4v) is 1.97. The van der Waals surface area contributed by atoms with Gasteiger partial charge in [0.05, 0.1) is 10.7 Å². The Kier molecular flexibility index (Phi) is 8.54. The van der Waals surface area contributed by atoms with Gasteiger partial charge < -0.3 is 16.2 Å². The second-order valence-corrected chi connectivity index (χ2v) is 5.86. The van der Waals surface area contributed by atoms with Crippen LogP contribution in [0.1, 0.15) is 44.3 Å². The number of rotatable bonds is 5. The van der Waals surface area contributed by atoms with Crippen LogP contribution in [0.3, 0.4) is 0 Å². The molecule has 1 heterocycles. The molecular formula is C13H25N3O2S. The van der Waals surface area contributed by atoms with Crippen molar-refractivity contribution in [1.29, 1.82) is 0 Å². The summed E-state index contributed by atoms with van der Waals surface area (Å²) >= 11 is 1.75. The van der Waals surface area contributed by atoms with Gasteiger partial charge in [-0.25, -0.2) is 4.98 Å².